The van der Waals surface area contributed by atoms with Gasteiger partial charge in [0.05, 0.1) is 18.2 Å². The van der Waals surface area contributed by atoms with Gasteiger partial charge in [0.2, 0.25) is 0 Å². The zero-order chi connectivity index (χ0) is 19.4. The van der Waals surface area contributed by atoms with E-state index in [4.69, 9.17) is 4.74 Å². The fraction of sp³-hybridized carbons (Fsp3) is 0.444. The average Bonchev–Trinajstić information content (AvgIpc) is 2.56. The van der Waals surface area contributed by atoms with Crippen LogP contribution in [0.5, 0.6) is 0 Å². The Morgan fingerprint density at radius 1 is 1.35 bits per heavy atom. The summed E-state index contributed by atoms with van der Waals surface area (Å²) in [7, 11) is 1.76. The number of urea groups is 1. The summed E-state index contributed by atoms with van der Waals surface area (Å²) >= 11 is 0. The van der Waals surface area contributed by atoms with Crippen LogP contribution >= 0.6 is 0 Å². The van der Waals surface area contributed by atoms with Crippen LogP contribution in [0.15, 0.2) is 29.5 Å². The Balaban J connectivity index is 2.26. The zero-order valence-electron chi connectivity index (χ0n) is 15.2. The molecule has 0 saturated heterocycles. The van der Waals surface area contributed by atoms with E-state index < -0.39 is 29.7 Å². The minimum atomic E-state index is -0.919. The van der Waals surface area contributed by atoms with E-state index in [0.717, 1.165) is 12.1 Å². The molecule has 2 N–H and O–H groups in total. The molecule has 2 atom stereocenters. The summed E-state index contributed by atoms with van der Waals surface area (Å²) in [6.45, 7) is 5.67. The van der Waals surface area contributed by atoms with Gasteiger partial charge >= 0.3 is 12.0 Å². The van der Waals surface area contributed by atoms with Gasteiger partial charge in [-0.15, -0.1) is 0 Å². The first-order valence-electron chi connectivity index (χ1n) is 8.37. The number of hydrogen-bond donors (Lipinski definition) is 2. The quantitative estimate of drug-likeness (QED) is 0.758. The SMILES string of the molecule is CCOC(=O)C1=C(CN(C)[C@@H](C)c2ccc(F)c(F)c2)NC(=O)N[C@H]1C. The normalized spacial score (nSPS) is 18.4. The Labute approximate surface area is 151 Å². The monoisotopic (exact) mass is 367 g/mol. The largest absolute Gasteiger partial charge is 0.463 e. The smallest absolute Gasteiger partial charge is 0.337 e. The fourth-order valence-corrected chi connectivity index (χ4v) is 2.82. The van der Waals surface area contributed by atoms with Crippen LogP contribution in [0.2, 0.25) is 0 Å². The van der Waals surface area contributed by atoms with E-state index in [0.29, 0.717) is 16.8 Å². The lowest BCUT2D eigenvalue weighted by Crippen LogP contribution is -2.51. The summed E-state index contributed by atoms with van der Waals surface area (Å²) in [5, 5.41) is 5.27. The molecule has 1 aromatic carbocycles. The molecule has 0 radical (unpaired) electrons. The number of halogens is 2. The first kappa shape index (κ1) is 19.8. The summed E-state index contributed by atoms with van der Waals surface area (Å²) in [4.78, 5) is 25.9. The molecule has 1 aliphatic rings. The topological polar surface area (TPSA) is 70.7 Å². The number of amides is 2. The Morgan fingerprint density at radius 2 is 2.04 bits per heavy atom. The number of carbonyl (C=O) groups excluding carboxylic acids is 2. The van der Waals surface area contributed by atoms with E-state index in [1.165, 1.54) is 6.07 Å². The second-order valence-electron chi connectivity index (χ2n) is 6.20. The molecule has 1 aliphatic heterocycles. The van der Waals surface area contributed by atoms with Crippen LogP contribution in [0.4, 0.5) is 13.6 Å². The van der Waals surface area contributed by atoms with Crippen LogP contribution in [0, 0.1) is 11.6 Å². The third kappa shape index (κ3) is 4.37. The van der Waals surface area contributed by atoms with Gasteiger partial charge in [-0.1, -0.05) is 6.07 Å². The number of benzene rings is 1. The fourth-order valence-electron chi connectivity index (χ4n) is 2.82. The predicted octanol–water partition coefficient (Wildman–Crippen LogP) is 2.48. The van der Waals surface area contributed by atoms with E-state index in [1.807, 2.05) is 11.8 Å². The van der Waals surface area contributed by atoms with E-state index >= 15 is 0 Å². The average molecular weight is 367 g/mol. The minimum Gasteiger partial charge on any atom is -0.463 e. The molecular formula is C18H23F2N3O3. The summed E-state index contributed by atoms with van der Waals surface area (Å²) in [5.41, 5.74) is 1.35. The van der Waals surface area contributed by atoms with Crippen molar-refractivity contribution in [2.45, 2.75) is 32.9 Å². The van der Waals surface area contributed by atoms with E-state index in [1.54, 1.807) is 20.9 Å². The lowest BCUT2D eigenvalue weighted by Gasteiger charge is -2.31. The molecule has 142 valence electrons. The first-order valence-corrected chi connectivity index (χ1v) is 8.37. The number of esters is 1. The van der Waals surface area contributed by atoms with Crippen molar-refractivity contribution in [2.75, 3.05) is 20.2 Å². The predicted molar refractivity (Wildman–Crippen MR) is 92.2 cm³/mol. The summed E-state index contributed by atoms with van der Waals surface area (Å²) in [6.07, 6.45) is 0. The Hall–Kier alpha value is -2.48. The third-order valence-corrected chi connectivity index (χ3v) is 4.36. The number of rotatable bonds is 6. The maximum Gasteiger partial charge on any atom is 0.337 e. The number of hydrogen-bond acceptors (Lipinski definition) is 4. The highest BCUT2D eigenvalue weighted by Crippen LogP contribution is 2.23. The van der Waals surface area contributed by atoms with Crippen molar-refractivity contribution in [3.8, 4) is 0 Å². The standard InChI is InChI=1S/C18H23F2N3O3/c1-5-26-17(24)16-10(2)21-18(25)22-15(16)9-23(4)11(3)12-6-7-13(19)14(20)8-12/h6-8,10-11H,5,9H2,1-4H3,(H2,21,22,25)/t10-,11-/m0/s1. The van der Waals surface area contributed by atoms with Gasteiger partial charge < -0.3 is 15.4 Å². The molecule has 0 bridgehead atoms. The van der Waals surface area contributed by atoms with Gasteiger partial charge in [-0.25, -0.2) is 18.4 Å². The number of carbonyl (C=O) groups is 2. The van der Waals surface area contributed by atoms with Crippen LogP contribution in [-0.2, 0) is 9.53 Å². The van der Waals surface area contributed by atoms with Crippen LogP contribution < -0.4 is 10.6 Å². The number of nitrogens with one attached hydrogen (secondary N) is 2. The van der Waals surface area contributed by atoms with Gasteiger partial charge in [-0.05, 0) is 45.5 Å². The van der Waals surface area contributed by atoms with Crippen LogP contribution in [0.25, 0.3) is 0 Å². The van der Waals surface area contributed by atoms with Crippen molar-refractivity contribution in [3.63, 3.8) is 0 Å². The van der Waals surface area contributed by atoms with E-state index in [2.05, 4.69) is 10.6 Å². The Bertz CT molecular complexity index is 736. The summed E-state index contributed by atoms with van der Waals surface area (Å²) in [6, 6.07) is 2.54. The highest BCUT2D eigenvalue weighted by Gasteiger charge is 2.30. The summed E-state index contributed by atoms with van der Waals surface area (Å²) in [5.74, 6) is -2.33. The molecular weight excluding hydrogens is 344 g/mol. The lowest BCUT2D eigenvalue weighted by molar-refractivity contribution is -0.139. The van der Waals surface area contributed by atoms with Crippen LogP contribution in [0.3, 0.4) is 0 Å². The van der Waals surface area contributed by atoms with Crippen LogP contribution in [-0.4, -0.2) is 43.1 Å². The van der Waals surface area contributed by atoms with Gasteiger partial charge in [0.1, 0.15) is 0 Å². The van der Waals surface area contributed by atoms with Crippen molar-refractivity contribution in [3.05, 3.63) is 46.7 Å². The number of ether oxygens (including phenoxy) is 1. The van der Waals surface area contributed by atoms with Crippen molar-refractivity contribution < 1.29 is 23.1 Å². The number of nitrogens with zero attached hydrogens (tertiary/aromatic N) is 1. The molecule has 0 unspecified atom stereocenters. The molecule has 0 aromatic heterocycles. The zero-order valence-corrected chi connectivity index (χ0v) is 15.2. The molecule has 1 heterocycles. The van der Waals surface area contributed by atoms with Crippen molar-refractivity contribution >= 4 is 12.0 Å². The van der Waals surface area contributed by atoms with E-state index in [9.17, 15) is 18.4 Å². The van der Waals surface area contributed by atoms with Gasteiger partial charge in [0.15, 0.2) is 11.6 Å². The number of likely N-dealkylation sites (N-methyl/N-ethyl adjacent to an activating group) is 1. The highest BCUT2D eigenvalue weighted by molar-refractivity contribution is 5.94. The highest BCUT2D eigenvalue weighted by atomic mass is 19.2. The Morgan fingerprint density at radius 3 is 2.65 bits per heavy atom. The maximum absolute atomic E-state index is 13.5. The molecule has 0 saturated carbocycles. The third-order valence-electron chi connectivity index (χ3n) is 4.36. The van der Waals surface area contributed by atoms with Crippen molar-refractivity contribution in [1.82, 2.24) is 15.5 Å². The lowest BCUT2D eigenvalue weighted by atomic mass is 10.0. The first-order chi connectivity index (χ1) is 12.2. The second-order valence-corrected chi connectivity index (χ2v) is 6.20. The van der Waals surface area contributed by atoms with Crippen molar-refractivity contribution in [1.29, 1.82) is 0 Å². The molecule has 0 fully saturated rings. The summed E-state index contributed by atoms with van der Waals surface area (Å²) < 4.78 is 31.7. The van der Waals surface area contributed by atoms with Gasteiger partial charge in [-0.3, -0.25) is 4.90 Å². The van der Waals surface area contributed by atoms with E-state index in [-0.39, 0.29) is 19.2 Å². The van der Waals surface area contributed by atoms with Crippen molar-refractivity contribution in [2.24, 2.45) is 0 Å². The molecule has 2 rings (SSSR count). The van der Waals surface area contributed by atoms with Gasteiger partial charge in [-0.2, -0.15) is 0 Å². The van der Waals surface area contributed by atoms with Gasteiger partial charge in [0.25, 0.3) is 0 Å². The van der Waals surface area contributed by atoms with Gasteiger partial charge in [0, 0.05) is 18.3 Å². The molecule has 1 aromatic rings. The Kier molecular flexibility index (Phi) is 6.31. The molecule has 0 aliphatic carbocycles. The minimum absolute atomic E-state index is 0.220. The molecule has 26 heavy (non-hydrogen) atoms. The van der Waals surface area contributed by atoms with Crippen LogP contribution in [0.1, 0.15) is 32.4 Å². The second kappa shape index (κ2) is 8.27. The molecule has 0 spiro atoms. The molecule has 2 amide bonds. The molecule has 6 nitrogen and oxygen atoms in total. The maximum atomic E-state index is 13.5. The molecule has 8 heteroatoms.